The molecule has 0 spiro atoms. The normalized spacial score (nSPS) is 21.1. The lowest BCUT2D eigenvalue weighted by Gasteiger charge is -2.21. The summed E-state index contributed by atoms with van der Waals surface area (Å²) in [5.74, 6) is -0.636. The highest BCUT2D eigenvalue weighted by Gasteiger charge is 2.34. The van der Waals surface area contributed by atoms with Crippen LogP contribution < -0.4 is 19.9 Å². The van der Waals surface area contributed by atoms with Gasteiger partial charge in [-0.05, 0) is 29.8 Å². The minimum atomic E-state index is -0.580. The van der Waals surface area contributed by atoms with E-state index in [2.05, 4.69) is 15.0 Å². The van der Waals surface area contributed by atoms with Gasteiger partial charge < -0.3 is 29.3 Å². The molecule has 1 aromatic heterocycles. The van der Waals surface area contributed by atoms with Gasteiger partial charge in [-0.3, -0.25) is 9.69 Å². The average molecular weight is 420 g/mol. The van der Waals surface area contributed by atoms with Crippen LogP contribution in [0.15, 0.2) is 35.1 Å². The van der Waals surface area contributed by atoms with Crippen molar-refractivity contribution in [2.45, 2.75) is 18.6 Å². The lowest BCUT2D eigenvalue weighted by molar-refractivity contribution is -0.124. The van der Waals surface area contributed by atoms with Gasteiger partial charge in [0, 0.05) is 25.2 Å². The van der Waals surface area contributed by atoms with Gasteiger partial charge in [0.25, 0.3) is 5.88 Å². The third-order valence-electron chi connectivity index (χ3n) is 4.99. The second kappa shape index (κ2) is 8.57. The van der Waals surface area contributed by atoms with E-state index in [4.69, 9.17) is 14.6 Å². The molecule has 2 aliphatic rings. The maximum Gasteiger partial charge on any atom is 0.414 e. The van der Waals surface area contributed by atoms with E-state index in [1.807, 2.05) is 4.90 Å². The summed E-state index contributed by atoms with van der Waals surface area (Å²) in [6, 6.07) is 5.94. The van der Waals surface area contributed by atoms with E-state index >= 15 is 0 Å². The second-order valence-corrected chi connectivity index (χ2v) is 7.06. The van der Waals surface area contributed by atoms with E-state index < -0.39 is 30.5 Å². The Kier molecular flexibility index (Phi) is 5.70. The highest BCUT2D eigenvalue weighted by molar-refractivity contribution is 5.90. The number of hydrogen-bond donors (Lipinski definition) is 2. The number of rotatable bonds is 7. The van der Waals surface area contributed by atoms with Gasteiger partial charge in [0.1, 0.15) is 25.3 Å². The van der Waals surface area contributed by atoms with Gasteiger partial charge in [0.05, 0.1) is 17.9 Å². The molecule has 1 unspecified atom stereocenters. The molecule has 0 aliphatic carbocycles. The standard InChI is InChI=1S/C19H21FN4O6/c20-15-7-13(1-2-16(15)23-5-3-12(8-23)21-17(26)10-25)24-9-14(30-19(24)27)11-28-18-4-6-29-22-18/h1-2,4,6-7,12,14,25H,3,5,8-11H2,(H,21,26)/t12-,14?/m0/s1. The number of nitrogens with zero attached hydrogens (tertiary/aromatic N) is 3. The fraction of sp³-hybridized carbons (Fsp3) is 0.421. The molecule has 2 aliphatic heterocycles. The molecule has 11 heteroatoms. The van der Waals surface area contributed by atoms with Gasteiger partial charge in [0.2, 0.25) is 5.91 Å². The molecular formula is C19H21FN4O6. The van der Waals surface area contributed by atoms with E-state index in [1.165, 1.54) is 17.2 Å². The molecule has 2 atom stereocenters. The Labute approximate surface area is 171 Å². The molecule has 3 heterocycles. The Morgan fingerprint density at radius 3 is 2.97 bits per heavy atom. The molecular weight excluding hydrogens is 399 g/mol. The molecule has 2 saturated heterocycles. The first kappa shape index (κ1) is 20.0. The summed E-state index contributed by atoms with van der Waals surface area (Å²) in [6.45, 7) is 0.754. The van der Waals surface area contributed by atoms with Crippen LogP contribution in [0, 0.1) is 5.82 Å². The van der Waals surface area contributed by atoms with Crippen LogP contribution >= 0.6 is 0 Å². The van der Waals surface area contributed by atoms with E-state index in [0.717, 1.165) is 0 Å². The summed E-state index contributed by atoms with van der Waals surface area (Å²) in [5.41, 5.74) is 0.771. The van der Waals surface area contributed by atoms with Crippen molar-refractivity contribution in [3.8, 4) is 5.88 Å². The number of hydrogen-bond acceptors (Lipinski definition) is 8. The number of nitrogens with one attached hydrogen (secondary N) is 1. The summed E-state index contributed by atoms with van der Waals surface area (Å²) >= 11 is 0. The summed E-state index contributed by atoms with van der Waals surface area (Å²) in [4.78, 5) is 26.7. The summed E-state index contributed by atoms with van der Waals surface area (Å²) in [6.07, 6.45) is 0.921. The van der Waals surface area contributed by atoms with Crippen molar-refractivity contribution in [2.75, 3.05) is 42.6 Å². The molecule has 10 nitrogen and oxygen atoms in total. The Balaban J connectivity index is 1.37. The summed E-state index contributed by atoms with van der Waals surface area (Å²) in [7, 11) is 0. The number of carbonyl (C=O) groups excluding carboxylic acids is 2. The number of benzene rings is 1. The molecule has 30 heavy (non-hydrogen) atoms. The van der Waals surface area contributed by atoms with Crippen LogP contribution in [0.2, 0.25) is 0 Å². The van der Waals surface area contributed by atoms with Crippen molar-refractivity contribution < 1.29 is 33.1 Å². The number of aromatic nitrogens is 1. The zero-order valence-corrected chi connectivity index (χ0v) is 16.0. The lowest BCUT2D eigenvalue weighted by atomic mass is 10.2. The fourth-order valence-corrected chi connectivity index (χ4v) is 3.56. The summed E-state index contributed by atoms with van der Waals surface area (Å²) in [5, 5.41) is 15.1. The first-order chi connectivity index (χ1) is 14.5. The van der Waals surface area contributed by atoms with Crippen LogP contribution in [0.25, 0.3) is 0 Å². The van der Waals surface area contributed by atoms with E-state index in [-0.39, 0.29) is 19.2 Å². The predicted octanol–water partition coefficient (Wildman–Crippen LogP) is 0.905. The van der Waals surface area contributed by atoms with Crippen LogP contribution in [0.4, 0.5) is 20.6 Å². The van der Waals surface area contributed by atoms with Crippen LogP contribution in [0.3, 0.4) is 0 Å². The lowest BCUT2D eigenvalue weighted by Crippen LogP contribution is -2.38. The maximum atomic E-state index is 14.8. The Morgan fingerprint density at radius 1 is 1.37 bits per heavy atom. The predicted molar refractivity (Wildman–Crippen MR) is 102 cm³/mol. The average Bonchev–Trinajstić information content (AvgIpc) is 3.47. The number of amides is 2. The summed E-state index contributed by atoms with van der Waals surface area (Å²) < 4.78 is 30.1. The molecule has 0 radical (unpaired) electrons. The van der Waals surface area contributed by atoms with Crippen molar-refractivity contribution in [1.29, 1.82) is 0 Å². The number of ether oxygens (including phenoxy) is 2. The molecule has 0 saturated carbocycles. The zero-order valence-electron chi connectivity index (χ0n) is 16.0. The van der Waals surface area contributed by atoms with Crippen molar-refractivity contribution >= 4 is 23.4 Å². The zero-order chi connectivity index (χ0) is 21.1. The number of anilines is 2. The van der Waals surface area contributed by atoms with Gasteiger partial charge in [0.15, 0.2) is 6.10 Å². The second-order valence-electron chi connectivity index (χ2n) is 7.06. The monoisotopic (exact) mass is 420 g/mol. The highest BCUT2D eigenvalue weighted by Crippen LogP contribution is 2.30. The van der Waals surface area contributed by atoms with E-state index in [9.17, 15) is 14.0 Å². The number of halogens is 1. The first-order valence-electron chi connectivity index (χ1n) is 9.49. The third kappa shape index (κ3) is 4.30. The van der Waals surface area contributed by atoms with Crippen molar-refractivity contribution in [3.63, 3.8) is 0 Å². The van der Waals surface area contributed by atoms with E-state index in [1.54, 1.807) is 18.2 Å². The molecule has 2 fully saturated rings. The Morgan fingerprint density at radius 2 is 2.23 bits per heavy atom. The van der Waals surface area contributed by atoms with Gasteiger partial charge >= 0.3 is 6.09 Å². The molecule has 160 valence electrons. The minimum Gasteiger partial charge on any atom is -0.471 e. The number of cyclic esters (lactones) is 1. The SMILES string of the molecule is O=C(CO)N[C@H]1CCN(c2ccc(N3CC(COc4ccon4)OC3=O)cc2F)C1. The van der Waals surface area contributed by atoms with Gasteiger partial charge in [-0.1, -0.05) is 0 Å². The van der Waals surface area contributed by atoms with Crippen LogP contribution in [-0.2, 0) is 9.53 Å². The Hall–Kier alpha value is -3.34. The van der Waals surface area contributed by atoms with Gasteiger partial charge in [-0.15, -0.1) is 0 Å². The number of aliphatic hydroxyl groups excluding tert-OH is 1. The largest absolute Gasteiger partial charge is 0.471 e. The molecule has 2 aromatic rings. The maximum absolute atomic E-state index is 14.8. The topological polar surface area (TPSA) is 117 Å². The molecule has 2 N–H and O–H groups in total. The van der Waals surface area contributed by atoms with Crippen molar-refractivity contribution in [3.05, 3.63) is 36.3 Å². The molecule has 4 rings (SSSR count). The number of carbonyl (C=O) groups is 2. The quantitative estimate of drug-likeness (QED) is 0.679. The van der Waals surface area contributed by atoms with Crippen LogP contribution in [0.1, 0.15) is 6.42 Å². The van der Waals surface area contributed by atoms with Gasteiger partial charge in [-0.2, -0.15) is 0 Å². The van der Waals surface area contributed by atoms with Crippen LogP contribution in [0.5, 0.6) is 5.88 Å². The molecule has 2 amide bonds. The minimum absolute atomic E-state index is 0.101. The molecule has 0 bridgehead atoms. The fourth-order valence-electron chi connectivity index (χ4n) is 3.56. The van der Waals surface area contributed by atoms with Gasteiger partial charge in [-0.25, -0.2) is 9.18 Å². The smallest absolute Gasteiger partial charge is 0.414 e. The first-order valence-corrected chi connectivity index (χ1v) is 9.49. The van der Waals surface area contributed by atoms with Crippen LogP contribution in [-0.4, -0.2) is 67.3 Å². The highest BCUT2D eigenvalue weighted by atomic mass is 19.1. The van der Waals surface area contributed by atoms with Crippen molar-refractivity contribution in [1.82, 2.24) is 10.5 Å². The number of aliphatic hydroxyl groups is 1. The van der Waals surface area contributed by atoms with E-state index in [0.29, 0.717) is 36.8 Å². The Bertz CT molecular complexity index is 908. The third-order valence-corrected chi connectivity index (χ3v) is 4.99. The van der Waals surface area contributed by atoms with Crippen molar-refractivity contribution in [2.24, 2.45) is 0 Å². The molecule has 1 aromatic carbocycles.